The van der Waals surface area contributed by atoms with E-state index >= 15 is 0 Å². The molecule has 0 N–H and O–H groups in total. The molecule has 0 fully saturated rings. The molecule has 114 valence electrons. The summed E-state index contributed by atoms with van der Waals surface area (Å²) in [4.78, 5) is 8.61. The van der Waals surface area contributed by atoms with Crippen LogP contribution in [0.15, 0.2) is 12.1 Å². The summed E-state index contributed by atoms with van der Waals surface area (Å²) in [5.74, 6) is 0. The molecule has 1 aliphatic heterocycles. The van der Waals surface area contributed by atoms with Gasteiger partial charge in [0.25, 0.3) is 0 Å². The Hall–Kier alpha value is 0.632. The zero-order valence-electron chi connectivity index (χ0n) is 14.5. The molecule has 21 heavy (non-hydrogen) atoms. The van der Waals surface area contributed by atoms with Crippen molar-refractivity contribution in [3.05, 3.63) is 12.1 Å². The molecule has 0 radical (unpaired) electrons. The molecule has 3 rings (SSSR count). The third-order valence-corrected chi connectivity index (χ3v) is 25.1. The summed E-state index contributed by atoms with van der Waals surface area (Å²) in [6.45, 7) is 14.9. The summed E-state index contributed by atoms with van der Waals surface area (Å²) in [6.07, 6.45) is 0. The third kappa shape index (κ3) is 2.59. The zero-order valence-corrected chi connectivity index (χ0v) is 21.0. The van der Waals surface area contributed by atoms with Gasteiger partial charge in [-0.1, -0.05) is 0 Å². The molecule has 2 aromatic rings. The van der Waals surface area contributed by atoms with E-state index in [4.69, 9.17) is 0 Å². The quantitative estimate of drug-likeness (QED) is 0.604. The average Bonchev–Trinajstić information content (AvgIpc) is 2.94. The van der Waals surface area contributed by atoms with E-state index in [1.807, 2.05) is 0 Å². The Labute approximate surface area is 143 Å². The number of fused-ring (bicyclic) bond motifs is 3. The summed E-state index contributed by atoms with van der Waals surface area (Å²) < 4.78 is 7.03. The molecule has 0 spiro atoms. The predicted molar refractivity (Wildman–Crippen MR) is 110 cm³/mol. The topological polar surface area (TPSA) is 0 Å². The van der Waals surface area contributed by atoms with E-state index in [-0.39, 0.29) is 0 Å². The molecule has 0 nitrogen and oxygen atoms in total. The van der Waals surface area contributed by atoms with Crippen molar-refractivity contribution in [2.24, 2.45) is 0 Å². The third-order valence-electron chi connectivity index (χ3n) is 4.50. The minimum absolute atomic E-state index is 1.17. The molecular formula is C16H26S2Si2Sn. The maximum atomic E-state index is 2.63. The molecule has 2 aromatic heterocycles. The van der Waals surface area contributed by atoms with Crippen molar-refractivity contribution < 1.29 is 0 Å². The van der Waals surface area contributed by atoms with Crippen LogP contribution in [0.4, 0.5) is 0 Å². The molecule has 0 atom stereocenters. The number of hydrogen-bond donors (Lipinski definition) is 0. The van der Waals surface area contributed by atoms with Gasteiger partial charge in [-0.25, -0.2) is 0 Å². The van der Waals surface area contributed by atoms with Gasteiger partial charge < -0.3 is 0 Å². The van der Waals surface area contributed by atoms with Crippen LogP contribution in [0.2, 0.25) is 49.2 Å². The zero-order chi connectivity index (χ0) is 15.8. The molecule has 0 amide bonds. The van der Waals surface area contributed by atoms with Crippen LogP contribution in [-0.2, 0) is 0 Å². The van der Waals surface area contributed by atoms with Crippen LogP contribution in [0, 0.1) is 0 Å². The predicted octanol–water partition coefficient (Wildman–Crippen LogP) is 3.70. The Morgan fingerprint density at radius 3 is 1.33 bits per heavy atom. The first-order chi connectivity index (χ1) is 9.42. The molecule has 3 heterocycles. The summed E-state index contributed by atoms with van der Waals surface area (Å²) in [7, 11) is -2.35. The van der Waals surface area contributed by atoms with Crippen LogP contribution in [0.25, 0.3) is 9.75 Å². The van der Waals surface area contributed by atoms with Crippen molar-refractivity contribution in [2.45, 2.75) is 49.2 Å². The fraction of sp³-hybridized carbons (Fsp3) is 0.500. The van der Waals surface area contributed by atoms with E-state index in [0.29, 0.717) is 0 Å². The van der Waals surface area contributed by atoms with Crippen molar-refractivity contribution >= 4 is 73.4 Å². The monoisotopic (exact) mass is 458 g/mol. The normalized spacial score (nSPS) is 17.0. The molecule has 5 heteroatoms. The van der Waals surface area contributed by atoms with Crippen LogP contribution in [0.1, 0.15) is 0 Å². The van der Waals surface area contributed by atoms with Gasteiger partial charge >= 0.3 is 144 Å². The molecule has 0 saturated carbocycles. The summed E-state index contributed by atoms with van der Waals surface area (Å²) >= 11 is 2.01. The van der Waals surface area contributed by atoms with E-state index < -0.39 is 34.5 Å². The second kappa shape index (κ2) is 4.82. The van der Waals surface area contributed by atoms with Gasteiger partial charge in [0.1, 0.15) is 0 Å². The van der Waals surface area contributed by atoms with Gasteiger partial charge in [-0.2, -0.15) is 0 Å². The first-order valence-corrected chi connectivity index (χ1v) is 24.9. The minimum atomic E-state index is -2.27. The fourth-order valence-electron chi connectivity index (χ4n) is 2.93. The molecule has 0 unspecified atom stereocenters. The van der Waals surface area contributed by atoms with E-state index in [1.54, 1.807) is 25.9 Å². The number of thiophene rings is 2. The van der Waals surface area contributed by atoms with E-state index in [2.05, 4.69) is 84.0 Å². The van der Waals surface area contributed by atoms with E-state index in [0.717, 1.165) is 0 Å². The Bertz CT molecular complexity index is 651. The fourth-order valence-corrected chi connectivity index (χ4v) is 22.8. The number of rotatable bonds is 2. The van der Waals surface area contributed by atoms with Crippen molar-refractivity contribution in [2.75, 3.05) is 0 Å². The van der Waals surface area contributed by atoms with Gasteiger partial charge in [0.15, 0.2) is 0 Å². The SMILES string of the molecule is C[Si](C)(C)c1c[c]2c(s1)-c1sc([Si](C)(C)C)c[c]1[Sn]2([CH3])[CH3]. The van der Waals surface area contributed by atoms with Gasteiger partial charge in [-0.05, 0) is 0 Å². The maximum absolute atomic E-state index is 2.63. The second-order valence-corrected chi connectivity index (χ2v) is 34.1. The van der Waals surface area contributed by atoms with Gasteiger partial charge in [-0.15, -0.1) is 0 Å². The van der Waals surface area contributed by atoms with Crippen LogP contribution in [0.3, 0.4) is 0 Å². The van der Waals surface area contributed by atoms with Crippen molar-refractivity contribution in [3.8, 4) is 9.75 Å². The molecule has 0 bridgehead atoms. The summed E-state index contributed by atoms with van der Waals surface area (Å²) in [5.41, 5.74) is 0. The Kier molecular flexibility index (Phi) is 3.78. The van der Waals surface area contributed by atoms with Crippen LogP contribution >= 0.6 is 22.7 Å². The first kappa shape index (κ1) is 16.5. The van der Waals surface area contributed by atoms with Gasteiger partial charge in [0.05, 0.1) is 0 Å². The van der Waals surface area contributed by atoms with Gasteiger partial charge in [0.2, 0.25) is 0 Å². The Balaban J connectivity index is 2.21. The first-order valence-electron chi connectivity index (χ1n) is 7.72. The van der Waals surface area contributed by atoms with Crippen molar-refractivity contribution in [1.29, 1.82) is 0 Å². The van der Waals surface area contributed by atoms with E-state index in [1.165, 1.54) is 0 Å². The van der Waals surface area contributed by atoms with Crippen molar-refractivity contribution in [3.63, 3.8) is 0 Å². The number of hydrogen-bond acceptors (Lipinski definition) is 2. The second-order valence-electron chi connectivity index (χ2n) is 8.83. The standard InChI is InChI=1S/C14H20S2Si2.2CH3.Sn/c1-17(2,3)13-9-7-11(15-13)12-8-10-14(16-12)18(4,5)6;;;/h9-10H,1-6H3;2*1H3;. The molecule has 0 aromatic carbocycles. The Morgan fingerprint density at radius 2 is 1.05 bits per heavy atom. The molecular weight excluding hydrogens is 431 g/mol. The summed E-state index contributed by atoms with van der Waals surface area (Å²) in [6, 6.07) is 5.26. The van der Waals surface area contributed by atoms with Gasteiger partial charge in [0, 0.05) is 0 Å². The molecule has 1 aliphatic rings. The van der Waals surface area contributed by atoms with Gasteiger partial charge in [-0.3, -0.25) is 0 Å². The Morgan fingerprint density at radius 1 is 0.714 bits per heavy atom. The molecule has 0 saturated heterocycles. The average molecular weight is 457 g/mol. The van der Waals surface area contributed by atoms with Crippen molar-refractivity contribution in [1.82, 2.24) is 0 Å². The van der Waals surface area contributed by atoms with E-state index in [9.17, 15) is 0 Å². The molecule has 0 aliphatic carbocycles. The van der Waals surface area contributed by atoms with Crippen LogP contribution < -0.4 is 16.2 Å². The van der Waals surface area contributed by atoms with Crippen LogP contribution in [0.5, 0.6) is 0 Å². The van der Waals surface area contributed by atoms with Crippen LogP contribution in [-0.4, -0.2) is 34.5 Å². The summed E-state index contributed by atoms with van der Waals surface area (Å²) in [5, 5.41) is 0.